The first-order valence-electron chi connectivity index (χ1n) is 11.4. The van der Waals surface area contributed by atoms with Crippen LogP contribution >= 0.6 is 0 Å². The number of primary amides is 1. The van der Waals surface area contributed by atoms with Crippen LogP contribution in [-0.4, -0.2) is 72.2 Å². The second-order valence-electron chi connectivity index (χ2n) is 9.16. The van der Waals surface area contributed by atoms with Crippen molar-refractivity contribution < 1.29 is 17.9 Å². The summed E-state index contributed by atoms with van der Waals surface area (Å²) in [4.78, 5) is 22.6. The van der Waals surface area contributed by atoms with Gasteiger partial charge >= 0.3 is 0 Å². The van der Waals surface area contributed by atoms with Crippen LogP contribution in [-0.2, 0) is 10.0 Å². The van der Waals surface area contributed by atoms with Crippen LogP contribution in [0.25, 0.3) is 0 Å². The molecule has 0 radical (unpaired) electrons. The molecule has 12 heteroatoms. The predicted molar refractivity (Wildman–Crippen MR) is 129 cm³/mol. The van der Waals surface area contributed by atoms with E-state index in [9.17, 15) is 13.2 Å². The third-order valence-electron chi connectivity index (χ3n) is 6.33. The fourth-order valence-corrected chi connectivity index (χ4v) is 5.54. The van der Waals surface area contributed by atoms with Crippen molar-refractivity contribution in [1.29, 1.82) is 0 Å². The molecule has 3 heterocycles. The fourth-order valence-electron chi connectivity index (χ4n) is 4.23. The average Bonchev–Trinajstić information content (AvgIpc) is 3.62. The van der Waals surface area contributed by atoms with Crippen LogP contribution in [0, 0.1) is 0 Å². The Labute approximate surface area is 198 Å². The number of nitrogens with two attached hydrogens (primary N) is 1. The van der Waals surface area contributed by atoms with Gasteiger partial charge in [-0.05, 0) is 38.8 Å². The number of fused-ring (bicyclic) bond motifs is 3. The maximum absolute atomic E-state index is 12.6. The summed E-state index contributed by atoms with van der Waals surface area (Å²) in [5.74, 6) is 0.910. The maximum atomic E-state index is 12.6. The summed E-state index contributed by atoms with van der Waals surface area (Å²) in [6, 6.07) is 6.01. The number of hydrogen-bond donors (Lipinski definition) is 3. The van der Waals surface area contributed by atoms with Gasteiger partial charge in [0.1, 0.15) is 18.2 Å². The first kappa shape index (κ1) is 22.7. The number of nitrogens with zero attached hydrogens (tertiary/aromatic N) is 4. The highest BCUT2D eigenvalue weighted by atomic mass is 32.2. The van der Waals surface area contributed by atoms with E-state index < -0.39 is 21.2 Å². The molecule has 0 unspecified atom stereocenters. The molecule has 4 N–H and O–H groups in total. The van der Waals surface area contributed by atoms with Crippen LogP contribution in [0.1, 0.15) is 37.0 Å². The van der Waals surface area contributed by atoms with E-state index in [0.717, 1.165) is 24.2 Å². The highest BCUT2D eigenvalue weighted by Crippen LogP contribution is 2.38. The molecule has 1 saturated carbocycles. The van der Waals surface area contributed by atoms with E-state index in [0.29, 0.717) is 49.8 Å². The van der Waals surface area contributed by atoms with Crippen LogP contribution < -0.4 is 26.0 Å². The first-order chi connectivity index (χ1) is 16.2. The second-order valence-corrected chi connectivity index (χ2v) is 11.6. The molecule has 1 amide bonds. The maximum Gasteiger partial charge on any atom is 0.254 e. The van der Waals surface area contributed by atoms with Gasteiger partial charge in [-0.15, -0.1) is 0 Å². The van der Waals surface area contributed by atoms with Gasteiger partial charge in [0, 0.05) is 43.6 Å². The molecule has 1 aromatic heterocycles. The summed E-state index contributed by atoms with van der Waals surface area (Å²) in [7, 11) is -3.29. The summed E-state index contributed by atoms with van der Waals surface area (Å²) in [5.41, 5.74) is 7.39. The van der Waals surface area contributed by atoms with E-state index in [2.05, 4.69) is 25.5 Å². The molecule has 3 aliphatic rings. The third kappa shape index (κ3) is 4.34. The number of piperazine rings is 1. The van der Waals surface area contributed by atoms with Gasteiger partial charge < -0.3 is 26.0 Å². The minimum Gasteiger partial charge on any atom is -0.489 e. The van der Waals surface area contributed by atoms with Gasteiger partial charge in [0.2, 0.25) is 16.0 Å². The van der Waals surface area contributed by atoms with E-state index in [1.54, 1.807) is 18.2 Å². The van der Waals surface area contributed by atoms with Crippen molar-refractivity contribution in [3.05, 3.63) is 30.0 Å². The molecule has 182 valence electrons. The Morgan fingerprint density at radius 3 is 2.76 bits per heavy atom. The Morgan fingerprint density at radius 2 is 2.06 bits per heavy atom. The van der Waals surface area contributed by atoms with E-state index in [-0.39, 0.29) is 11.6 Å². The van der Waals surface area contributed by atoms with E-state index >= 15 is 0 Å². The molecule has 0 spiro atoms. The third-order valence-corrected chi connectivity index (χ3v) is 8.57. The zero-order valence-corrected chi connectivity index (χ0v) is 20.0. The number of carbonyl (C=O) groups excluding carboxylic acids is 1. The Morgan fingerprint density at radius 1 is 1.26 bits per heavy atom. The number of ether oxygens (including phenoxy) is 1. The topological polar surface area (TPSA) is 143 Å². The average molecular weight is 488 g/mol. The van der Waals surface area contributed by atoms with Crippen LogP contribution in [0.15, 0.2) is 24.4 Å². The van der Waals surface area contributed by atoms with Gasteiger partial charge in [-0.2, -0.15) is 9.29 Å². The van der Waals surface area contributed by atoms with E-state index in [4.69, 9.17) is 10.5 Å². The standard InChI is InChI=1S/C22H29N7O4S/c1-13(2)34(31,32)28-7-8-29-16(11-28)12-33-19-9-15(5-6-18(19)29)26-22-24-10-17(20(23)30)21(27-22)25-14-3-4-14/h5-6,9-10,13-14,16H,3-4,7-8,11-12H2,1-2H3,(H2,23,30)(H2,24,25,26,27)/t16-/m1/s1. The van der Waals surface area contributed by atoms with Gasteiger partial charge in [-0.1, -0.05) is 0 Å². The minimum absolute atomic E-state index is 0.0330. The zero-order valence-electron chi connectivity index (χ0n) is 19.2. The molecule has 2 aliphatic heterocycles. The van der Waals surface area contributed by atoms with Crippen molar-refractivity contribution in [3.63, 3.8) is 0 Å². The van der Waals surface area contributed by atoms with E-state index in [1.165, 1.54) is 6.20 Å². The Bertz CT molecular complexity index is 1220. The lowest BCUT2D eigenvalue weighted by Gasteiger charge is -2.45. The van der Waals surface area contributed by atoms with Crippen LogP contribution in [0.3, 0.4) is 0 Å². The Hall–Kier alpha value is -3.12. The van der Waals surface area contributed by atoms with Gasteiger partial charge in [0.25, 0.3) is 5.91 Å². The molecule has 2 aromatic rings. The van der Waals surface area contributed by atoms with Gasteiger partial charge in [0.05, 0.1) is 22.5 Å². The molecule has 11 nitrogen and oxygen atoms in total. The number of nitrogens with one attached hydrogen (secondary N) is 2. The molecule has 34 heavy (non-hydrogen) atoms. The van der Waals surface area contributed by atoms with Crippen LogP contribution in [0.2, 0.25) is 0 Å². The van der Waals surface area contributed by atoms with Crippen molar-refractivity contribution in [3.8, 4) is 5.75 Å². The number of aromatic nitrogens is 2. The number of amides is 1. The zero-order chi connectivity index (χ0) is 24.0. The highest BCUT2D eigenvalue weighted by molar-refractivity contribution is 7.89. The fraction of sp³-hybridized carbons (Fsp3) is 0.500. The molecular formula is C22H29N7O4S. The van der Waals surface area contributed by atoms with Crippen molar-refractivity contribution >= 4 is 39.1 Å². The lowest BCUT2D eigenvalue weighted by molar-refractivity contribution is 0.100. The summed E-state index contributed by atoms with van der Waals surface area (Å²) < 4.78 is 32.8. The SMILES string of the molecule is CC(C)S(=O)(=O)N1CCN2c3ccc(Nc4ncc(C(N)=O)c(NC5CC5)n4)cc3OC[C@H]2C1. The molecule has 5 rings (SSSR count). The van der Waals surface area contributed by atoms with Crippen LogP contribution in [0.5, 0.6) is 5.75 Å². The molecular weight excluding hydrogens is 458 g/mol. The molecule has 1 atom stereocenters. The van der Waals surface area contributed by atoms with Crippen molar-refractivity contribution in [1.82, 2.24) is 14.3 Å². The minimum atomic E-state index is -3.29. The summed E-state index contributed by atoms with van der Waals surface area (Å²) in [6.07, 6.45) is 3.49. The Balaban J connectivity index is 1.32. The smallest absolute Gasteiger partial charge is 0.254 e. The quantitative estimate of drug-likeness (QED) is 0.529. The summed E-state index contributed by atoms with van der Waals surface area (Å²) in [5, 5.41) is 5.95. The second kappa shape index (κ2) is 8.58. The number of hydrogen-bond acceptors (Lipinski definition) is 9. The largest absolute Gasteiger partial charge is 0.489 e. The number of benzene rings is 1. The van der Waals surface area contributed by atoms with Crippen LogP contribution in [0.4, 0.5) is 23.1 Å². The first-order valence-corrected chi connectivity index (χ1v) is 13.0. The molecule has 0 bridgehead atoms. The lowest BCUT2D eigenvalue weighted by Crippen LogP contribution is -2.59. The molecule has 1 aromatic carbocycles. The lowest BCUT2D eigenvalue weighted by atomic mass is 10.1. The molecule has 2 fully saturated rings. The monoisotopic (exact) mass is 487 g/mol. The summed E-state index contributed by atoms with van der Waals surface area (Å²) >= 11 is 0. The number of sulfonamides is 1. The van der Waals surface area contributed by atoms with Gasteiger partial charge in [-0.25, -0.2) is 13.4 Å². The highest BCUT2D eigenvalue weighted by Gasteiger charge is 2.38. The Kier molecular flexibility index (Phi) is 5.72. The normalized spacial score (nSPS) is 20.3. The number of carbonyl (C=O) groups is 1. The van der Waals surface area contributed by atoms with Gasteiger partial charge in [0.15, 0.2) is 0 Å². The van der Waals surface area contributed by atoms with Crippen molar-refractivity contribution in [2.24, 2.45) is 5.73 Å². The predicted octanol–water partition coefficient (Wildman–Crippen LogP) is 1.51. The number of anilines is 4. The number of rotatable bonds is 7. The van der Waals surface area contributed by atoms with Crippen molar-refractivity contribution in [2.45, 2.75) is 44.0 Å². The van der Waals surface area contributed by atoms with E-state index in [1.807, 2.05) is 18.2 Å². The molecule has 1 saturated heterocycles. The molecule has 1 aliphatic carbocycles. The summed E-state index contributed by atoms with van der Waals surface area (Å²) in [6.45, 7) is 5.29. The van der Waals surface area contributed by atoms with Crippen molar-refractivity contribution in [2.75, 3.05) is 41.8 Å². The van der Waals surface area contributed by atoms with Gasteiger partial charge in [-0.3, -0.25) is 4.79 Å².